The van der Waals surface area contributed by atoms with Gasteiger partial charge in [-0.05, 0) is 42.3 Å². The molecule has 1 heterocycles. The first-order valence-electron chi connectivity index (χ1n) is 9.41. The van der Waals surface area contributed by atoms with Gasteiger partial charge < -0.3 is 20.1 Å². The predicted molar refractivity (Wildman–Crippen MR) is 112 cm³/mol. The number of nitrogens with zero attached hydrogens (tertiary/aromatic N) is 2. The summed E-state index contributed by atoms with van der Waals surface area (Å²) in [4.78, 5) is 20.6. The second-order valence-electron chi connectivity index (χ2n) is 6.20. The number of anilines is 2. The van der Waals surface area contributed by atoms with E-state index in [1.807, 2.05) is 42.5 Å². The van der Waals surface area contributed by atoms with Crippen LogP contribution in [0.5, 0.6) is 11.5 Å². The highest BCUT2D eigenvalue weighted by atomic mass is 16.5. The molecule has 0 fully saturated rings. The summed E-state index contributed by atoms with van der Waals surface area (Å²) in [5, 5.41) is 6.05. The lowest BCUT2D eigenvalue weighted by atomic mass is 10.1. The Morgan fingerprint density at radius 1 is 1.03 bits per heavy atom. The Kier molecular flexibility index (Phi) is 7.00. The fourth-order valence-corrected chi connectivity index (χ4v) is 2.73. The van der Waals surface area contributed by atoms with E-state index in [4.69, 9.17) is 9.47 Å². The number of aromatic nitrogens is 2. The minimum atomic E-state index is -0.280. The van der Waals surface area contributed by atoms with Crippen LogP contribution in [0.15, 0.2) is 60.9 Å². The maximum atomic E-state index is 12.4. The van der Waals surface area contributed by atoms with Crippen molar-refractivity contribution in [2.24, 2.45) is 0 Å². The number of hydrogen-bond donors (Lipinski definition) is 2. The van der Waals surface area contributed by atoms with Gasteiger partial charge in [0.2, 0.25) is 0 Å². The summed E-state index contributed by atoms with van der Waals surface area (Å²) < 4.78 is 10.7. The van der Waals surface area contributed by atoms with Crippen molar-refractivity contribution in [3.63, 3.8) is 0 Å². The van der Waals surface area contributed by atoms with Crippen LogP contribution in [-0.2, 0) is 6.42 Å². The number of aryl methyl sites for hydroxylation is 1. The summed E-state index contributed by atoms with van der Waals surface area (Å²) in [7, 11) is 1.61. The number of methoxy groups -OCH3 is 1. The number of carbonyl (C=O) groups excluding carboxylic acids is 1. The van der Waals surface area contributed by atoms with E-state index < -0.39 is 0 Å². The number of amides is 1. The van der Waals surface area contributed by atoms with E-state index in [0.717, 1.165) is 17.9 Å². The zero-order chi connectivity index (χ0) is 20.5. The van der Waals surface area contributed by atoms with E-state index in [0.29, 0.717) is 30.4 Å². The molecule has 0 unspecified atom stereocenters. The van der Waals surface area contributed by atoms with Crippen molar-refractivity contribution in [1.82, 2.24) is 15.3 Å². The molecular weight excluding hydrogens is 368 g/mol. The lowest BCUT2D eigenvalue weighted by molar-refractivity contribution is 0.0942. The van der Waals surface area contributed by atoms with Crippen molar-refractivity contribution in [2.45, 2.75) is 13.3 Å². The fraction of sp³-hybridized carbons (Fsp3) is 0.227. The molecule has 3 rings (SSSR count). The van der Waals surface area contributed by atoms with E-state index in [2.05, 4.69) is 33.6 Å². The lowest BCUT2D eigenvalue weighted by Gasteiger charge is -2.11. The van der Waals surface area contributed by atoms with Gasteiger partial charge in [-0.1, -0.05) is 25.1 Å². The van der Waals surface area contributed by atoms with Gasteiger partial charge in [0, 0.05) is 11.8 Å². The molecule has 0 saturated carbocycles. The van der Waals surface area contributed by atoms with E-state index in [-0.39, 0.29) is 5.91 Å². The molecule has 0 saturated heterocycles. The first-order valence-corrected chi connectivity index (χ1v) is 9.41. The van der Waals surface area contributed by atoms with E-state index in [1.54, 1.807) is 13.2 Å². The van der Waals surface area contributed by atoms with Gasteiger partial charge in [0.25, 0.3) is 5.91 Å². The summed E-state index contributed by atoms with van der Waals surface area (Å²) in [5.74, 6) is 1.77. The second kappa shape index (κ2) is 10.1. The Labute approximate surface area is 170 Å². The molecule has 1 aromatic heterocycles. The molecule has 0 aliphatic heterocycles. The van der Waals surface area contributed by atoms with Crippen LogP contribution in [0.1, 0.15) is 23.0 Å². The van der Waals surface area contributed by atoms with Crippen LogP contribution in [0.25, 0.3) is 0 Å². The topological polar surface area (TPSA) is 85.4 Å². The van der Waals surface area contributed by atoms with Crippen LogP contribution in [0.3, 0.4) is 0 Å². The Morgan fingerprint density at radius 2 is 1.79 bits per heavy atom. The maximum Gasteiger partial charge on any atom is 0.270 e. The second-order valence-corrected chi connectivity index (χ2v) is 6.20. The molecule has 0 radical (unpaired) electrons. The third-order valence-corrected chi connectivity index (χ3v) is 4.28. The van der Waals surface area contributed by atoms with Gasteiger partial charge in [0.15, 0.2) is 0 Å². The van der Waals surface area contributed by atoms with Crippen LogP contribution in [0.2, 0.25) is 0 Å². The summed E-state index contributed by atoms with van der Waals surface area (Å²) in [6, 6.07) is 16.9. The van der Waals surface area contributed by atoms with Gasteiger partial charge in [-0.3, -0.25) is 4.79 Å². The fourth-order valence-electron chi connectivity index (χ4n) is 2.73. The third kappa shape index (κ3) is 5.68. The first-order chi connectivity index (χ1) is 14.2. The lowest BCUT2D eigenvalue weighted by Crippen LogP contribution is -2.28. The minimum Gasteiger partial charge on any atom is -0.497 e. The third-order valence-electron chi connectivity index (χ3n) is 4.28. The van der Waals surface area contributed by atoms with Crippen molar-refractivity contribution in [3.05, 3.63) is 72.2 Å². The molecule has 0 atom stereocenters. The SMILES string of the molecule is CCc1ccccc1Nc1cc(C(=O)NCCOc2ccc(OC)cc2)ncn1. The number of rotatable bonds is 9. The summed E-state index contributed by atoms with van der Waals surface area (Å²) in [6.45, 7) is 2.79. The average Bonchev–Trinajstić information content (AvgIpc) is 2.77. The normalized spacial score (nSPS) is 10.3. The van der Waals surface area contributed by atoms with Crippen molar-refractivity contribution in [1.29, 1.82) is 0 Å². The Morgan fingerprint density at radius 3 is 2.55 bits per heavy atom. The minimum absolute atomic E-state index is 0.280. The Bertz CT molecular complexity index is 945. The van der Waals surface area contributed by atoms with Crippen LogP contribution < -0.4 is 20.1 Å². The first kappa shape index (κ1) is 20.1. The molecule has 0 spiro atoms. The van der Waals surface area contributed by atoms with E-state index >= 15 is 0 Å². The van der Waals surface area contributed by atoms with Crippen molar-refractivity contribution < 1.29 is 14.3 Å². The quantitative estimate of drug-likeness (QED) is 0.541. The van der Waals surface area contributed by atoms with Crippen LogP contribution in [0, 0.1) is 0 Å². The highest BCUT2D eigenvalue weighted by molar-refractivity contribution is 5.93. The zero-order valence-electron chi connectivity index (χ0n) is 16.5. The molecule has 7 heteroatoms. The van der Waals surface area contributed by atoms with Gasteiger partial charge in [0.05, 0.1) is 13.7 Å². The van der Waals surface area contributed by atoms with Gasteiger partial charge >= 0.3 is 0 Å². The molecule has 29 heavy (non-hydrogen) atoms. The molecule has 2 N–H and O–H groups in total. The standard InChI is InChI=1S/C22H24N4O3/c1-3-16-6-4-5-7-19(16)26-21-14-20(24-15-25-21)22(27)23-12-13-29-18-10-8-17(28-2)9-11-18/h4-11,14-15H,3,12-13H2,1-2H3,(H,23,27)(H,24,25,26). The number of carbonyl (C=O) groups is 1. The van der Waals surface area contributed by atoms with E-state index in [9.17, 15) is 4.79 Å². The molecule has 2 aromatic carbocycles. The van der Waals surface area contributed by atoms with Crippen LogP contribution in [-0.4, -0.2) is 36.1 Å². The molecule has 150 valence electrons. The van der Waals surface area contributed by atoms with Crippen LogP contribution in [0.4, 0.5) is 11.5 Å². The largest absolute Gasteiger partial charge is 0.497 e. The number of nitrogens with one attached hydrogen (secondary N) is 2. The Hall–Kier alpha value is -3.61. The van der Waals surface area contributed by atoms with Crippen molar-refractivity contribution in [3.8, 4) is 11.5 Å². The zero-order valence-corrected chi connectivity index (χ0v) is 16.5. The maximum absolute atomic E-state index is 12.4. The van der Waals surface area contributed by atoms with Crippen molar-refractivity contribution in [2.75, 3.05) is 25.6 Å². The van der Waals surface area contributed by atoms with E-state index in [1.165, 1.54) is 11.9 Å². The summed E-state index contributed by atoms with van der Waals surface area (Å²) in [5.41, 5.74) is 2.43. The number of hydrogen-bond acceptors (Lipinski definition) is 6. The van der Waals surface area contributed by atoms with Crippen molar-refractivity contribution >= 4 is 17.4 Å². The molecule has 7 nitrogen and oxygen atoms in total. The molecule has 0 aliphatic carbocycles. The summed E-state index contributed by atoms with van der Waals surface area (Å²) in [6.07, 6.45) is 2.27. The number of para-hydroxylation sites is 1. The molecular formula is C22H24N4O3. The summed E-state index contributed by atoms with van der Waals surface area (Å²) >= 11 is 0. The van der Waals surface area contributed by atoms with Gasteiger partial charge in [-0.15, -0.1) is 0 Å². The van der Waals surface area contributed by atoms with Gasteiger partial charge in [0.1, 0.15) is 35.9 Å². The highest BCUT2D eigenvalue weighted by Gasteiger charge is 2.09. The Balaban J connectivity index is 1.52. The molecule has 1 amide bonds. The molecule has 3 aromatic rings. The smallest absolute Gasteiger partial charge is 0.270 e. The molecule has 0 aliphatic rings. The monoisotopic (exact) mass is 392 g/mol. The van der Waals surface area contributed by atoms with Gasteiger partial charge in [-0.25, -0.2) is 9.97 Å². The number of benzene rings is 2. The van der Waals surface area contributed by atoms with Gasteiger partial charge in [-0.2, -0.15) is 0 Å². The number of ether oxygens (including phenoxy) is 2. The highest BCUT2D eigenvalue weighted by Crippen LogP contribution is 2.20. The predicted octanol–water partition coefficient (Wildman–Crippen LogP) is 3.60. The average molecular weight is 392 g/mol. The molecule has 0 bridgehead atoms. The van der Waals surface area contributed by atoms with Crippen LogP contribution >= 0.6 is 0 Å².